The lowest BCUT2D eigenvalue weighted by Crippen LogP contribution is -2.45. The second-order valence-electron chi connectivity index (χ2n) is 16.1. The first-order valence-electron chi connectivity index (χ1n) is 19.9. The number of aryl methyl sites for hydroxylation is 1. The zero-order chi connectivity index (χ0) is 44.1. The number of phenolic OH excluding ortho intramolecular Hbond substituents is 3. The third-order valence-electron chi connectivity index (χ3n) is 8.51. The Morgan fingerprint density at radius 3 is 1.59 bits per heavy atom. The van der Waals surface area contributed by atoms with Gasteiger partial charge in [-0.1, -0.05) is 80.2 Å². The molecular formula is C49H61BrClN3O7+2. The molecule has 0 radical (unpaired) electrons. The Hall–Kier alpha value is -5.49. The number of halogens is 2. The highest BCUT2D eigenvalue weighted by Gasteiger charge is 2.25. The Morgan fingerprint density at radius 1 is 0.689 bits per heavy atom. The van der Waals surface area contributed by atoms with Crippen LogP contribution in [0.1, 0.15) is 83.1 Å². The Labute approximate surface area is 375 Å². The quantitative estimate of drug-likeness (QED) is 0.124. The molecule has 1 saturated heterocycles. The number of hydrogen-bond acceptors (Lipinski definition) is 8. The van der Waals surface area contributed by atoms with Crippen molar-refractivity contribution in [2.24, 2.45) is 5.92 Å². The number of pyridine rings is 2. The fraction of sp³-hybridized carbons (Fsp3) is 0.306. The second-order valence-corrected chi connectivity index (χ2v) is 17.0. The number of phenols is 3. The number of nitrogens with one attached hydrogen (secondary N) is 1. The van der Waals surface area contributed by atoms with Crippen LogP contribution in [0.5, 0.6) is 17.2 Å². The second kappa shape index (κ2) is 26.0. The van der Waals surface area contributed by atoms with E-state index in [0.717, 1.165) is 33.5 Å². The highest BCUT2D eigenvalue weighted by Crippen LogP contribution is 2.21. The smallest absolute Gasteiger partial charge is 0.508 e. The van der Waals surface area contributed by atoms with E-state index in [9.17, 15) is 19.8 Å². The Kier molecular flexibility index (Phi) is 22.0. The molecule has 0 unspecified atom stereocenters. The van der Waals surface area contributed by atoms with Gasteiger partial charge in [0, 0.05) is 28.7 Å². The first kappa shape index (κ1) is 51.7. The van der Waals surface area contributed by atoms with Crippen molar-refractivity contribution in [1.29, 1.82) is 0 Å². The summed E-state index contributed by atoms with van der Waals surface area (Å²) in [4.78, 5) is 23.5. The van der Waals surface area contributed by atoms with E-state index < -0.39 is 17.3 Å². The van der Waals surface area contributed by atoms with Crippen molar-refractivity contribution in [1.82, 2.24) is 5.32 Å². The maximum absolute atomic E-state index is 11.9. The first-order chi connectivity index (χ1) is 28.4. The molecular weight excluding hydrogens is 858 g/mol. The van der Waals surface area contributed by atoms with E-state index in [1.807, 2.05) is 90.1 Å². The third kappa shape index (κ3) is 22.1. The summed E-state index contributed by atoms with van der Waals surface area (Å²) < 4.78 is 14.2. The lowest BCUT2D eigenvalue weighted by molar-refractivity contribution is -0.588. The van der Waals surface area contributed by atoms with Gasteiger partial charge < -0.3 is 30.1 Å². The summed E-state index contributed by atoms with van der Waals surface area (Å²) in [6, 6.07) is 28.8. The molecule has 1 aliphatic rings. The van der Waals surface area contributed by atoms with Gasteiger partial charge >= 0.3 is 12.2 Å². The number of carbonyl (C=O) groups excluding carboxylic acids is 2. The van der Waals surface area contributed by atoms with Gasteiger partial charge in [0.05, 0.1) is 0 Å². The van der Waals surface area contributed by atoms with Gasteiger partial charge in [-0.2, -0.15) is 9.59 Å². The van der Waals surface area contributed by atoms with Gasteiger partial charge in [0.15, 0.2) is 24.8 Å². The van der Waals surface area contributed by atoms with Gasteiger partial charge in [-0.15, -0.1) is 12.4 Å². The number of carbonyl (C=O) groups is 2. The number of aromatic hydroxyl groups is 3. The van der Waals surface area contributed by atoms with Crippen LogP contribution in [0.15, 0.2) is 133 Å². The van der Waals surface area contributed by atoms with Crippen molar-refractivity contribution in [2.45, 2.75) is 78.4 Å². The van der Waals surface area contributed by atoms with Crippen molar-refractivity contribution < 1.29 is 43.5 Å². The average molecular weight is 919 g/mol. The molecule has 0 aliphatic carbocycles. The molecule has 61 heavy (non-hydrogen) atoms. The summed E-state index contributed by atoms with van der Waals surface area (Å²) in [5.41, 5.74) is 3.09. The molecule has 0 amide bonds. The number of ether oxygens (including phenoxy) is 2. The van der Waals surface area contributed by atoms with Crippen LogP contribution in [0, 0.1) is 5.92 Å². The van der Waals surface area contributed by atoms with E-state index in [1.54, 1.807) is 85.5 Å². The molecule has 6 rings (SSSR count). The van der Waals surface area contributed by atoms with Gasteiger partial charge in [0.2, 0.25) is 0 Å². The lowest BCUT2D eigenvalue weighted by atomic mass is 9.91. The summed E-state index contributed by atoms with van der Waals surface area (Å²) in [6.07, 6.45) is 16.3. The SMILES string of the molecule is C=Cc1cc[n+](C(=O)OC(C)(C)C)cc1.CC(C)(C)OC(=O)[n+]1ccc(/C=C/c2cccc(O)c2)cc1.Cl.Oc1cccc(Br)c1.Oc1cccc(CCC2CCNCC2)c1. The van der Waals surface area contributed by atoms with E-state index in [2.05, 4.69) is 33.9 Å². The van der Waals surface area contributed by atoms with Crippen LogP contribution >= 0.6 is 28.3 Å². The lowest BCUT2D eigenvalue weighted by Gasteiger charge is -2.22. The molecule has 326 valence electrons. The number of piperidine rings is 1. The molecule has 0 atom stereocenters. The van der Waals surface area contributed by atoms with E-state index in [4.69, 9.17) is 14.6 Å². The van der Waals surface area contributed by atoms with Crippen LogP contribution in [0.2, 0.25) is 0 Å². The summed E-state index contributed by atoms with van der Waals surface area (Å²) in [6.45, 7) is 17.0. The van der Waals surface area contributed by atoms with Gasteiger partial charge in [-0.25, -0.2) is 0 Å². The first-order valence-corrected chi connectivity index (χ1v) is 20.7. The van der Waals surface area contributed by atoms with E-state index in [-0.39, 0.29) is 24.2 Å². The van der Waals surface area contributed by atoms with Crippen LogP contribution in [-0.2, 0) is 15.9 Å². The van der Waals surface area contributed by atoms with E-state index >= 15 is 0 Å². The van der Waals surface area contributed by atoms with Gasteiger partial charge in [0.25, 0.3) is 0 Å². The predicted molar refractivity (Wildman–Crippen MR) is 249 cm³/mol. The molecule has 2 aromatic heterocycles. The Balaban J connectivity index is 0.000000292. The van der Waals surface area contributed by atoms with Crippen molar-refractivity contribution in [3.05, 3.63) is 155 Å². The molecule has 0 bridgehead atoms. The van der Waals surface area contributed by atoms with Crippen LogP contribution in [0.25, 0.3) is 18.2 Å². The van der Waals surface area contributed by atoms with Gasteiger partial charge in [-0.05, 0) is 151 Å². The maximum Gasteiger partial charge on any atom is 0.602 e. The summed E-state index contributed by atoms with van der Waals surface area (Å²) in [5, 5.41) is 30.9. The van der Waals surface area contributed by atoms with E-state index in [1.165, 1.54) is 47.0 Å². The van der Waals surface area contributed by atoms with Gasteiger partial charge in [-0.3, -0.25) is 0 Å². The Bertz CT molecular complexity index is 2110. The number of aromatic nitrogens is 2. The summed E-state index contributed by atoms with van der Waals surface area (Å²) in [5.74, 6) is 1.78. The molecule has 10 nitrogen and oxygen atoms in total. The number of nitrogens with zero attached hydrogens (tertiary/aromatic N) is 2. The predicted octanol–water partition coefficient (Wildman–Crippen LogP) is 10.9. The summed E-state index contributed by atoms with van der Waals surface area (Å²) >= 11 is 3.20. The Morgan fingerprint density at radius 2 is 1.15 bits per heavy atom. The van der Waals surface area contributed by atoms with Crippen molar-refractivity contribution >= 4 is 58.8 Å². The zero-order valence-corrected chi connectivity index (χ0v) is 38.4. The van der Waals surface area contributed by atoms with E-state index in [0.29, 0.717) is 11.5 Å². The topological polar surface area (TPSA) is 133 Å². The van der Waals surface area contributed by atoms with Crippen LogP contribution in [-0.4, -0.2) is 51.8 Å². The fourth-order valence-electron chi connectivity index (χ4n) is 5.55. The largest absolute Gasteiger partial charge is 0.602 e. The highest BCUT2D eigenvalue weighted by molar-refractivity contribution is 9.10. The van der Waals surface area contributed by atoms with Gasteiger partial charge in [0.1, 0.15) is 28.5 Å². The molecule has 12 heteroatoms. The molecule has 5 aromatic rings. The third-order valence-corrected chi connectivity index (χ3v) is 9.01. The minimum absolute atomic E-state index is 0. The highest BCUT2D eigenvalue weighted by atomic mass is 79.9. The van der Waals surface area contributed by atoms with Crippen molar-refractivity contribution in [2.75, 3.05) is 13.1 Å². The summed E-state index contributed by atoms with van der Waals surface area (Å²) in [7, 11) is 0. The number of benzene rings is 3. The molecule has 1 aliphatic heterocycles. The zero-order valence-electron chi connectivity index (χ0n) is 36.0. The molecule has 0 spiro atoms. The minimum atomic E-state index is -0.516. The molecule has 0 saturated carbocycles. The monoisotopic (exact) mass is 917 g/mol. The minimum Gasteiger partial charge on any atom is -0.508 e. The maximum atomic E-state index is 11.9. The van der Waals surface area contributed by atoms with Crippen LogP contribution in [0.3, 0.4) is 0 Å². The number of hydrogen-bond donors (Lipinski definition) is 4. The van der Waals surface area contributed by atoms with Crippen LogP contribution in [0.4, 0.5) is 9.59 Å². The van der Waals surface area contributed by atoms with Crippen molar-refractivity contribution in [3.8, 4) is 17.2 Å². The standard InChI is InChI=1S/C18H19NO3.C13H19NO.C12H16NO2.C6H5BrO.ClH/c1-18(2,3)22-17(21)19-11-9-14(10-12-19)7-8-15-5-4-6-16(20)13-15;15-13-3-1-2-12(10-13)5-4-11-6-8-14-9-7-11;1-5-10-6-8-13(9-7-10)11(14)15-12(2,3)4;7-5-2-1-3-6(8)4-5;/h4-13H,1-3H3;1-3,10-11,14-15H,4-9H2;5-9H,1H2,2-4H3;1-4,8H;1H/q;;+1;;/p+1/b8-7+;;;;. The number of rotatable bonds is 6. The molecule has 4 N–H and O–H groups in total. The van der Waals surface area contributed by atoms with Crippen molar-refractivity contribution in [3.63, 3.8) is 0 Å². The fourth-order valence-corrected chi connectivity index (χ4v) is 5.93. The van der Waals surface area contributed by atoms with Crippen LogP contribution < -0.4 is 14.5 Å². The average Bonchev–Trinajstić information content (AvgIpc) is 3.19. The molecule has 3 heterocycles. The molecule has 3 aromatic carbocycles. The molecule has 1 fully saturated rings. The normalized spacial score (nSPS) is 12.4.